The maximum Gasteiger partial charge on any atom is 0.185 e. The summed E-state index contributed by atoms with van der Waals surface area (Å²) in [6.45, 7) is 4.04. The van der Waals surface area contributed by atoms with Crippen LogP contribution in [0.25, 0.3) is 0 Å². The van der Waals surface area contributed by atoms with E-state index in [-0.39, 0.29) is 0 Å². The predicted molar refractivity (Wildman–Crippen MR) is 69.8 cm³/mol. The van der Waals surface area contributed by atoms with E-state index in [1.54, 1.807) is 11.3 Å². The predicted octanol–water partition coefficient (Wildman–Crippen LogP) is 1.68. The fraction of sp³-hybridized carbons (Fsp3) is 0.750. The molecule has 1 aromatic rings. The Morgan fingerprint density at radius 2 is 2.24 bits per heavy atom. The van der Waals surface area contributed by atoms with Gasteiger partial charge in [-0.25, -0.2) is 4.98 Å². The Hall–Kier alpha value is -0.650. The lowest BCUT2D eigenvalue weighted by atomic mass is 9.94. The molecule has 0 saturated carbocycles. The minimum Gasteiger partial charge on any atom is -0.388 e. The quantitative estimate of drug-likeness (QED) is 0.890. The van der Waals surface area contributed by atoms with Gasteiger partial charge in [0.1, 0.15) is 0 Å². The zero-order chi connectivity index (χ0) is 12.3. The summed E-state index contributed by atoms with van der Waals surface area (Å²) in [4.78, 5) is 6.58. The van der Waals surface area contributed by atoms with Gasteiger partial charge in [0.2, 0.25) is 0 Å². The van der Waals surface area contributed by atoms with Crippen molar-refractivity contribution < 1.29 is 9.84 Å². The smallest absolute Gasteiger partial charge is 0.185 e. The zero-order valence-corrected chi connectivity index (χ0v) is 11.3. The summed E-state index contributed by atoms with van der Waals surface area (Å²) < 4.78 is 5.28. The Morgan fingerprint density at radius 3 is 2.82 bits per heavy atom. The van der Waals surface area contributed by atoms with Gasteiger partial charge in [0, 0.05) is 45.0 Å². The summed E-state index contributed by atoms with van der Waals surface area (Å²) in [5.74, 6) is 0. The molecular formula is C12H20N2O2S. The number of hydrogen-bond donors (Lipinski definition) is 1. The first-order valence-corrected chi connectivity index (χ1v) is 6.96. The van der Waals surface area contributed by atoms with Gasteiger partial charge >= 0.3 is 0 Å². The number of nitrogens with zero attached hydrogens (tertiary/aromatic N) is 2. The Bertz CT molecular complexity index is 361. The van der Waals surface area contributed by atoms with E-state index in [1.165, 1.54) is 0 Å². The molecule has 0 aromatic carbocycles. The van der Waals surface area contributed by atoms with Crippen LogP contribution in [-0.2, 0) is 11.2 Å². The number of hydrogen-bond acceptors (Lipinski definition) is 5. The van der Waals surface area contributed by atoms with E-state index < -0.39 is 5.60 Å². The second-order valence-corrected chi connectivity index (χ2v) is 5.50. The molecule has 17 heavy (non-hydrogen) atoms. The van der Waals surface area contributed by atoms with E-state index in [4.69, 9.17) is 4.74 Å². The molecule has 2 heterocycles. The van der Waals surface area contributed by atoms with Gasteiger partial charge in [-0.2, -0.15) is 0 Å². The first-order valence-electron chi connectivity index (χ1n) is 6.09. The molecule has 96 valence electrons. The molecule has 0 amide bonds. The normalized spacial score (nSPS) is 19.2. The summed E-state index contributed by atoms with van der Waals surface area (Å²) in [5, 5.41) is 13.5. The van der Waals surface area contributed by atoms with Crippen LogP contribution in [0.15, 0.2) is 5.38 Å². The number of anilines is 1. The van der Waals surface area contributed by atoms with Crippen LogP contribution in [0.3, 0.4) is 0 Å². The molecule has 1 N–H and O–H groups in total. The van der Waals surface area contributed by atoms with E-state index in [2.05, 4.69) is 22.2 Å². The minimum absolute atomic E-state index is 0.620. The third-order valence-corrected chi connectivity index (χ3v) is 4.19. The molecule has 0 spiro atoms. The number of aryl methyl sites for hydroxylation is 1. The van der Waals surface area contributed by atoms with Gasteiger partial charge in [-0.1, -0.05) is 6.92 Å². The van der Waals surface area contributed by atoms with Gasteiger partial charge in [0.05, 0.1) is 11.3 Å². The Balaban J connectivity index is 1.97. The Morgan fingerprint density at radius 1 is 1.53 bits per heavy atom. The average Bonchev–Trinajstić information content (AvgIpc) is 2.78. The monoisotopic (exact) mass is 256 g/mol. The van der Waals surface area contributed by atoms with E-state index in [0.29, 0.717) is 32.6 Å². The molecule has 0 atom stereocenters. The molecule has 2 rings (SSSR count). The molecule has 0 unspecified atom stereocenters. The molecule has 1 saturated heterocycles. The van der Waals surface area contributed by atoms with Gasteiger partial charge in [-0.3, -0.25) is 0 Å². The summed E-state index contributed by atoms with van der Waals surface area (Å²) in [7, 11) is 1.99. The van der Waals surface area contributed by atoms with Crippen molar-refractivity contribution in [1.29, 1.82) is 0 Å². The summed E-state index contributed by atoms with van der Waals surface area (Å²) in [6, 6.07) is 0. The number of aromatic nitrogens is 1. The van der Waals surface area contributed by atoms with E-state index >= 15 is 0 Å². The lowest BCUT2D eigenvalue weighted by molar-refractivity contribution is -0.0572. The third kappa shape index (κ3) is 3.18. The van der Waals surface area contributed by atoms with Gasteiger partial charge in [0.25, 0.3) is 0 Å². The highest BCUT2D eigenvalue weighted by Crippen LogP contribution is 2.26. The van der Waals surface area contributed by atoms with E-state index in [0.717, 1.165) is 17.2 Å². The minimum atomic E-state index is -0.620. The van der Waals surface area contributed by atoms with Crippen molar-refractivity contribution in [2.24, 2.45) is 0 Å². The van der Waals surface area contributed by atoms with Gasteiger partial charge < -0.3 is 14.7 Å². The van der Waals surface area contributed by atoms with Crippen LogP contribution >= 0.6 is 11.3 Å². The average molecular weight is 256 g/mol. The molecule has 4 nitrogen and oxygen atoms in total. The van der Waals surface area contributed by atoms with Crippen molar-refractivity contribution in [3.63, 3.8) is 0 Å². The maximum atomic E-state index is 10.4. The van der Waals surface area contributed by atoms with Crippen LogP contribution in [0.4, 0.5) is 5.13 Å². The molecule has 5 heteroatoms. The summed E-state index contributed by atoms with van der Waals surface area (Å²) >= 11 is 1.64. The first kappa shape index (κ1) is 12.8. The second kappa shape index (κ2) is 5.33. The number of aliphatic hydroxyl groups is 1. The van der Waals surface area contributed by atoms with Crippen molar-refractivity contribution in [2.45, 2.75) is 31.8 Å². The molecule has 1 fully saturated rings. The van der Waals surface area contributed by atoms with Crippen molar-refractivity contribution in [3.8, 4) is 0 Å². The fourth-order valence-corrected chi connectivity index (χ4v) is 2.93. The van der Waals surface area contributed by atoms with Crippen LogP contribution < -0.4 is 4.90 Å². The van der Waals surface area contributed by atoms with E-state index in [9.17, 15) is 5.11 Å². The summed E-state index contributed by atoms with van der Waals surface area (Å²) in [5.41, 5.74) is 0.501. The van der Waals surface area contributed by atoms with Crippen LogP contribution in [0.2, 0.25) is 0 Å². The Labute approximate surface area is 106 Å². The first-order chi connectivity index (χ1) is 8.13. The highest BCUT2D eigenvalue weighted by molar-refractivity contribution is 7.13. The molecule has 0 radical (unpaired) electrons. The lowest BCUT2D eigenvalue weighted by Gasteiger charge is -2.35. The van der Waals surface area contributed by atoms with Crippen molar-refractivity contribution in [3.05, 3.63) is 11.1 Å². The number of rotatable bonds is 4. The fourth-order valence-electron chi connectivity index (χ4n) is 2.05. The Kier molecular flexibility index (Phi) is 4.01. The van der Waals surface area contributed by atoms with Crippen LogP contribution in [0, 0.1) is 0 Å². The van der Waals surface area contributed by atoms with Crippen LogP contribution in [0.5, 0.6) is 0 Å². The van der Waals surface area contributed by atoms with Crippen molar-refractivity contribution in [2.75, 3.05) is 31.7 Å². The largest absolute Gasteiger partial charge is 0.388 e. The molecule has 1 aromatic heterocycles. The van der Waals surface area contributed by atoms with Gasteiger partial charge in [-0.15, -0.1) is 11.3 Å². The SMILES string of the molecule is CCc1csc(N(C)CC2(O)CCOCC2)n1. The summed E-state index contributed by atoms with van der Waals surface area (Å²) in [6.07, 6.45) is 2.38. The molecule has 0 bridgehead atoms. The highest BCUT2D eigenvalue weighted by Gasteiger charge is 2.31. The standard InChI is InChI=1S/C12H20N2O2S/c1-3-10-8-17-11(13-10)14(2)9-12(15)4-6-16-7-5-12/h8,15H,3-7,9H2,1-2H3. The molecule has 1 aliphatic heterocycles. The van der Waals surface area contributed by atoms with Gasteiger partial charge in [-0.05, 0) is 6.42 Å². The third-order valence-electron chi connectivity index (χ3n) is 3.18. The van der Waals surface area contributed by atoms with Crippen LogP contribution in [0.1, 0.15) is 25.5 Å². The number of thiazole rings is 1. The second-order valence-electron chi connectivity index (χ2n) is 4.67. The highest BCUT2D eigenvalue weighted by atomic mass is 32.1. The van der Waals surface area contributed by atoms with Crippen LogP contribution in [-0.4, -0.2) is 42.5 Å². The lowest BCUT2D eigenvalue weighted by Crippen LogP contribution is -2.45. The van der Waals surface area contributed by atoms with E-state index in [1.807, 2.05) is 7.05 Å². The van der Waals surface area contributed by atoms with Crippen molar-refractivity contribution >= 4 is 16.5 Å². The number of ether oxygens (including phenoxy) is 1. The molecular weight excluding hydrogens is 236 g/mol. The van der Waals surface area contributed by atoms with Gasteiger partial charge in [0.15, 0.2) is 5.13 Å². The maximum absolute atomic E-state index is 10.4. The molecule has 1 aliphatic rings. The van der Waals surface area contributed by atoms with Crippen molar-refractivity contribution in [1.82, 2.24) is 4.98 Å². The molecule has 0 aliphatic carbocycles. The number of likely N-dealkylation sites (N-methyl/N-ethyl adjacent to an activating group) is 1. The topological polar surface area (TPSA) is 45.6 Å². The zero-order valence-electron chi connectivity index (χ0n) is 10.5.